The standard InChI is InChI=1S/C18H18N2O4S/c1-11(2)12-3-5-14(6-4-12)20-25(23,24)15-7-8-16-13(9-15)10-17(21)18(22)19-16/h3-9,11,20H,10H2,1-2H3,(H,19,22). The van der Waals surface area contributed by atoms with Crippen LogP contribution in [0.2, 0.25) is 0 Å². The molecule has 0 aromatic heterocycles. The number of carbonyl (C=O) groups is 2. The van der Waals surface area contributed by atoms with Gasteiger partial charge in [-0.05, 0) is 47.4 Å². The summed E-state index contributed by atoms with van der Waals surface area (Å²) in [5.74, 6) is -0.898. The third kappa shape index (κ3) is 3.56. The van der Waals surface area contributed by atoms with E-state index in [1.807, 2.05) is 12.1 Å². The molecule has 25 heavy (non-hydrogen) atoms. The van der Waals surface area contributed by atoms with Gasteiger partial charge in [0.15, 0.2) is 0 Å². The Morgan fingerprint density at radius 2 is 1.72 bits per heavy atom. The van der Waals surface area contributed by atoms with Gasteiger partial charge in [0.05, 0.1) is 4.90 Å². The summed E-state index contributed by atoms with van der Waals surface area (Å²) < 4.78 is 27.7. The van der Waals surface area contributed by atoms with Crippen molar-refractivity contribution in [3.63, 3.8) is 0 Å². The lowest BCUT2D eigenvalue weighted by Crippen LogP contribution is -2.30. The first-order valence-electron chi connectivity index (χ1n) is 7.86. The van der Waals surface area contributed by atoms with Gasteiger partial charge in [-0.2, -0.15) is 0 Å². The molecule has 2 aromatic carbocycles. The van der Waals surface area contributed by atoms with Crippen molar-refractivity contribution in [2.45, 2.75) is 31.1 Å². The van der Waals surface area contributed by atoms with Gasteiger partial charge in [-0.15, -0.1) is 0 Å². The fraction of sp³-hybridized carbons (Fsp3) is 0.222. The summed E-state index contributed by atoms with van der Waals surface area (Å²) in [6.45, 7) is 4.12. The number of rotatable bonds is 4. The summed E-state index contributed by atoms with van der Waals surface area (Å²) in [4.78, 5) is 22.9. The van der Waals surface area contributed by atoms with Crippen LogP contribution in [-0.2, 0) is 26.0 Å². The Kier molecular flexibility index (Phi) is 4.34. The highest BCUT2D eigenvalue weighted by atomic mass is 32.2. The molecular weight excluding hydrogens is 340 g/mol. The van der Waals surface area contributed by atoms with E-state index in [9.17, 15) is 18.0 Å². The molecule has 130 valence electrons. The first-order chi connectivity index (χ1) is 11.8. The highest BCUT2D eigenvalue weighted by molar-refractivity contribution is 7.92. The van der Waals surface area contributed by atoms with Gasteiger partial charge in [0.2, 0.25) is 5.78 Å². The number of Topliss-reactive ketones (excluding diaryl/α,β-unsaturated/α-hetero) is 1. The van der Waals surface area contributed by atoms with Crippen LogP contribution in [-0.4, -0.2) is 20.1 Å². The fourth-order valence-electron chi connectivity index (χ4n) is 2.60. The zero-order valence-electron chi connectivity index (χ0n) is 13.9. The third-order valence-electron chi connectivity index (χ3n) is 4.07. The summed E-state index contributed by atoms with van der Waals surface area (Å²) in [6, 6.07) is 11.5. The average Bonchev–Trinajstić information content (AvgIpc) is 2.55. The molecular formula is C18H18N2O4S. The minimum Gasteiger partial charge on any atom is -0.319 e. The van der Waals surface area contributed by atoms with Crippen LogP contribution in [0.15, 0.2) is 47.4 Å². The van der Waals surface area contributed by atoms with Gasteiger partial charge in [-0.1, -0.05) is 26.0 Å². The zero-order chi connectivity index (χ0) is 18.2. The predicted octanol–water partition coefficient (Wildman–Crippen LogP) is 2.67. The lowest BCUT2D eigenvalue weighted by molar-refractivity contribution is -0.134. The third-order valence-corrected chi connectivity index (χ3v) is 5.45. The first kappa shape index (κ1) is 17.2. The molecule has 0 radical (unpaired) electrons. The molecule has 7 heteroatoms. The van der Waals surface area contributed by atoms with Crippen LogP contribution in [0, 0.1) is 0 Å². The van der Waals surface area contributed by atoms with Crippen molar-refractivity contribution in [3.8, 4) is 0 Å². The maximum atomic E-state index is 12.6. The maximum Gasteiger partial charge on any atom is 0.292 e. The van der Waals surface area contributed by atoms with E-state index >= 15 is 0 Å². The second-order valence-electron chi connectivity index (χ2n) is 6.26. The van der Waals surface area contributed by atoms with Gasteiger partial charge in [0.1, 0.15) is 0 Å². The molecule has 0 aliphatic carbocycles. The van der Waals surface area contributed by atoms with Crippen molar-refractivity contribution in [2.75, 3.05) is 10.0 Å². The molecule has 0 atom stereocenters. The SMILES string of the molecule is CC(C)c1ccc(NS(=O)(=O)c2ccc3c(c2)CC(=O)C(=O)N3)cc1. The molecule has 3 rings (SSSR count). The van der Waals surface area contributed by atoms with Gasteiger partial charge in [0.25, 0.3) is 15.9 Å². The summed E-state index contributed by atoms with van der Waals surface area (Å²) in [7, 11) is -3.78. The highest BCUT2D eigenvalue weighted by Gasteiger charge is 2.25. The Hall–Kier alpha value is -2.67. The number of sulfonamides is 1. The molecule has 2 N–H and O–H groups in total. The summed E-state index contributed by atoms with van der Waals surface area (Å²) in [6.07, 6.45) is -0.104. The number of benzene rings is 2. The molecule has 0 saturated heterocycles. The molecule has 1 aliphatic rings. The number of fused-ring (bicyclic) bond motifs is 1. The number of amides is 1. The Morgan fingerprint density at radius 1 is 1.04 bits per heavy atom. The topological polar surface area (TPSA) is 92.3 Å². The van der Waals surface area contributed by atoms with Crippen molar-refractivity contribution in [1.82, 2.24) is 0 Å². The predicted molar refractivity (Wildman–Crippen MR) is 95.1 cm³/mol. The minimum atomic E-state index is -3.78. The second-order valence-corrected chi connectivity index (χ2v) is 7.94. The van der Waals surface area contributed by atoms with Crippen LogP contribution >= 0.6 is 0 Å². The summed E-state index contributed by atoms with van der Waals surface area (Å²) in [5.41, 5.74) is 2.53. The number of nitrogens with one attached hydrogen (secondary N) is 2. The molecule has 0 unspecified atom stereocenters. The summed E-state index contributed by atoms with van der Waals surface area (Å²) in [5, 5.41) is 2.45. The quantitative estimate of drug-likeness (QED) is 0.822. The number of hydrogen-bond donors (Lipinski definition) is 2. The van der Waals surface area contributed by atoms with Crippen LogP contribution in [0.4, 0.5) is 11.4 Å². The van der Waals surface area contributed by atoms with Crippen molar-refractivity contribution in [2.24, 2.45) is 0 Å². The van der Waals surface area contributed by atoms with Gasteiger partial charge >= 0.3 is 0 Å². The monoisotopic (exact) mass is 358 g/mol. The van der Waals surface area contributed by atoms with Crippen LogP contribution in [0.1, 0.15) is 30.9 Å². The average molecular weight is 358 g/mol. The molecule has 6 nitrogen and oxygen atoms in total. The maximum absolute atomic E-state index is 12.6. The number of carbonyl (C=O) groups excluding carboxylic acids is 2. The molecule has 1 heterocycles. The van der Waals surface area contributed by atoms with Crippen molar-refractivity contribution in [1.29, 1.82) is 0 Å². The van der Waals surface area contributed by atoms with Gasteiger partial charge in [0, 0.05) is 17.8 Å². The van der Waals surface area contributed by atoms with E-state index in [2.05, 4.69) is 23.9 Å². The Balaban J connectivity index is 1.86. The van der Waals surface area contributed by atoms with Crippen molar-refractivity contribution >= 4 is 33.1 Å². The Bertz CT molecular complexity index is 948. The van der Waals surface area contributed by atoms with Crippen LogP contribution in [0.5, 0.6) is 0 Å². The second kappa shape index (κ2) is 6.33. The summed E-state index contributed by atoms with van der Waals surface area (Å²) >= 11 is 0. The first-order valence-corrected chi connectivity index (χ1v) is 9.34. The normalized spacial score (nSPS) is 14.2. The fourth-order valence-corrected chi connectivity index (χ4v) is 3.71. The van der Waals surface area contributed by atoms with E-state index in [-0.39, 0.29) is 11.3 Å². The molecule has 0 spiro atoms. The Labute approximate surface area is 146 Å². The van der Waals surface area contributed by atoms with Crippen LogP contribution < -0.4 is 10.0 Å². The minimum absolute atomic E-state index is 0.0446. The van der Waals surface area contributed by atoms with E-state index in [1.54, 1.807) is 12.1 Å². The molecule has 2 aromatic rings. The zero-order valence-corrected chi connectivity index (χ0v) is 14.7. The number of ketones is 1. The molecule has 1 amide bonds. The molecule has 0 fully saturated rings. The highest BCUT2D eigenvalue weighted by Crippen LogP contribution is 2.26. The van der Waals surface area contributed by atoms with Gasteiger partial charge in [-0.3, -0.25) is 14.3 Å². The van der Waals surface area contributed by atoms with Crippen LogP contribution in [0.25, 0.3) is 0 Å². The number of hydrogen-bond acceptors (Lipinski definition) is 4. The van der Waals surface area contributed by atoms with E-state index in [0.717, 1.165) is 5.56 Å². The van der Waals surface area contributed by atoms with E-state index in [0.29, 0.717) is 22.9 Å². The van der Waals surface area contributed by atoms with Gasteiger partial charge < -0.3 is 5.32 Å². The van der Waals surface area contributed by atoms with E-state index < -0.39 is 21.7 Å². The lowest BCUT2D eigenvalue weighted by Gasteiger charge is -2.17. The Morgan fingerprint density at radius 3 is 2.36 bits per heavy atom. The smallest absolute Gasteiger partial charge is 0.292 e. The lowest BCUT2D eigenvalue weighted by atomic mass is 10.0. The van der Waals surface area contributed by atoms with Crippen molar-refractivity contribution < 1.29 is 18.0 Å². The molecule has 0 bridgehead atoms. The van der Waals surface area contributed by atoms with E-state index in [1.165, 1.54) is 18.2 Å². The van der Waals surface area contributed by atoms with Gasteiger partial charge in [-0.25, -0.2) is 8.42 Å². The van der Waals surface area contributed by atoms with Crippen molar-refractivity contribution in [3.05, 3.63) is 53.6 Å². The van der Waals surface area contributed by atoms with E-state index in [4.69, 9.17) is 0 Å². The largest absolute Gasteiger partial charge is 0.319 e. The van der Waals surface area contributed by atoms with Crippen LogP contribution in [0.3, 0.4) is 0 Å². The molecule has 0 saturated carbocycles. The molecule has 1 aliphatic heterocycles. The number of anilines is 2.